The van der Waals surface area contributed by atoms with Crippen molar-refractivity contribution < 1.29 is 38.5 Å². The standard InChI is InChI=1S/C33H37N3O8/c1-21(34-32(41)43-19-24-7-5-4-6-8-24)30(39)36-28(18-23-11-15-26(42-3)16-12-23)31(40)35-27(29(38)33(2)20-44-33)17-22-9-13-25(37)14-10-22/h4-16,21,27-28,37H,17-20H2,1-3H3,(H,34,41)(H,35,40)(H,36,39)/t21-,27-,28-,33+/m0/s1. The number of Topliss-reactive ketones (excluding diaryl/α,β-unsaturated/α-hetero) is 1. The van der Waals surface area contributed by atoms with E-state index in [1.807, 2.05) is 18.2 Å². The summed E-state index contributed by atoms with van der Waals surface area (Å²) in [5.74, 6) is -0.803. The van der Waals surface area contributed by atoms with E-state index < -0.39 is 41.6 Å². The number of phenolic OH excluding ortho intramolecular Hbond substituents is 1. The summed E-state index contributed by atoms with van der Waals surface area (Å²) in [7, 11) is 1.54. The number of aromatic hydroxyl groups is 1. The number of methoxy groups -OCH3 is 1. The lowest BCUT2D eigenvalue weighted by molar-refractivity contribution is -0.133. The average Bonchev–Trinajstić information content (AvgIpc) is 3.79. The largest absolute Gasteiger partial charge is 0.508 e. The van der Waals surface area contributed by atoms with Gasteiger partial charge in [-0.05, 0) is 61.2 Å². The van der Waals surface area contributed by atoms with Gasteiger partial charge in [0.1, 0.15) is 35.8 Å². The Labute approximate surface area is 255 Å². The van der Waals surface area contributed by atoms with Crippen molar-refractivity contribution in [2.45, 2.75) is 57.0 Å². The summed E-state index contributed by atoms with van der Waals surface area (Å²) in [6.45, 7) is 3.40. The van der Waals surface area contributed by atoms with Gasteiger partial charge in [-0.1, -0.05) is 54.6 Å². The second-order valence-corrected chi connectivity index (χ2v) is 10.9. The zero-order chi connectivity index (χ0) is 31.7. The zero-order valence-corrected chi connectivity index (χ0v) is 24.9. The smallest absolute Gasteiger partial charge is 0.408 e. The molecule has 44 heavy (non-hydrogen) atoms. The first-order chi connectivity index (χ1) is 21.1. The number of rotatable bonds is 14. The monoisotopic (exact) mass is 603 g/mol. The maximum absolute atomic E-state index is 13.7. The maximum atomic E-state index is 13.7. The van der Waals surface area contributed by atoms with Crippen molar-refractivity contribution in [2.24, 2.45) is 0 Å². The Morgan fingerprint density at radius 1 is 0.818 bits per heavy atom. The Bertz CT molecular complexity index is 1440. The van der Waals surface area contributed by atoms with Crippen LogP contribution in [0, 0.1) is 0 Å². The molecule has 0 unspecified atom stereocenters. The summed E-state index contributed by atoms with van der Waals surface area (Å²) in [6.07, 6.45) is -0.538. The molecule has 1 fully saturated rings. The van der Waals surface area contributed by atoms with Gasteiger partial charge in [-0.15, -0.1) is 0 Å². The second-order valence-electron chi connectivity index (χ2n) is 10.9. The van der Waals surface area contributed by atoms with E-state index >= 15 is 0 Å². The molecule has 4 rings (SSSR count). The molecule has 0 spiro atoms. The number of hydrogen-bond donors (Lipinski definition) is 4. The van der Waals surface area contributed by atoms with Crippen molar-refractivity contribution in [2.75, 3.05) is 13.7 Å². The minimum Gasteiger partial charge on any atom is -0.508 e. The Hall–Kier alpha value is -4.90. The molecule has 0 bridgehead atoms. The fourth-order valence-corrected chi connectivity index (χ4v) is 4.48. The quantitative estimate of drug-likeness (QED) is 0.205. The van der Waals surface area contributed by atoms with E-state index in [0.29, 0.717) is 11.3 Å². The third-order valence-electron chi connectivity index (χ3n) is 7.28. The van der Waals surface area contributed by atoms with Crippen LogP contribution in [0.5, 0.6) is 11.5 Å². The van der Waals surface area contributed by atoms with Gasteiger partial charge in [0.15, 0.2) is 5.78 Å². The van der Waals surface area contributed by atoms with Gasteiger partial charge in [0, 0.05) is 6.42 Å². The first-order valence-corrected chi connectivity index (χ1v) is 14.2. The number of benzene rings is 3. The molecule has 3 aromatic rings. The molecule has 1 saturated heterocycles. The van der Waals surface area contributed by atoms with Gasteiger partial charge in [-0.3, -0.25) is 14.4 Å². The van der Waals surface area contributed by atoms with Gasteiger partial charge in [0.25, 0.3) is 0 Å². The van der Waals surface area contributed by atoms with Crippen molar-refractivity contribution in [3.63, 3.8) is 0 Å². The summed E-state index contributed by atoms with van der Waals surface area (Å²) in [4.78, 5) is 52.6. The lowest BCUT2D eigenvalue weighted by atomic mass is 9.94. The van der Waals surface area contributed by atoms with Crippen LogP contribution in [0.3, 0.4) is 0 Å². The number of nitrogens with one attached hydrogen (secondary N) is 3. The Morgan fingerprint density at radius 2 is 1.39 bits per heavy atom. The highest BCUT2D eigenvalue weighted by atomic mass is 16.6. The molecule has 232 valence electrons. The van der Waals surface area contributed by atoms with Gasteiger partial charge in [-0.2, -0.15) is 0 Å². The van der Waals surface area contributed by atoms with E-state index in [-0.39, 0.29) is 37.6 Å². The molecule has 3 aromatic carbocycles. The van der Waals surface area contributed by atoms with Gasteiger partial charge in [0.2, 0.25) is 11.8 Å². The zero-order valence-electron chi connectivity index (χ0n) is 24.9. The van der Waals surface area contributed by atoms with E-state index in [4.69, 9.17) is 14.2 Å². The van der Waals surface area contributed by atoms with Crippen LogP contribution >= 0.6 is 0 Å². The molecule has 1 aliphatic rings. The van der Waals surface area contributed by atoms with Crippen LogP contribution in [0.1, 0.15) is 30.5 Å². The normalized spacial score (nSPS) is 17.3. The number of amides is 3. The van der Waals surface area contributed by atoms with Crippen LogP contribution < -0.4 is 20.7 Å². The number of epoxide rings is 1. The topological polar surface area (TPSA) is 156 Å². The second kappa shape index (κ2) is 14.5. The number of phenols is 1. The fourth-order valence-electron chi connectivity index (χ4n) is 4.48. The molecular formula is C33H37N3O8. The SMILES string of the molecule is COc1ccc(C[C@H](NC(=O)[C@H](C)NC(=O)OCc2ccccc2)C(=O)N[C@@H](Cc2ccc(O)cc2)C(=O)[C@@]2(C)CO2)cc1. The predicted molar refractivity (Wildman–Crippen MR) is 161 cm³/mol. The lowest BCUT2D eigenvalue weighted by Gasteiger charge is -2.25. The number of carbonyl (C=O) groups excluding carboxylic acids is 4. The number of ketones is 1. The summed E-state index contributed by atoms with van der Waals surface area (Å²) in [5.41, 5.74) is 1.22. The van der Waals surface area contributed by atoms with Crippen LogP contribution in [0.2, 0.25) is 0 Å². The minimum atomic E-state index is -1.09. The lowest BCUT2D eigenvalue weighted by Crippen LogP contribution is -2.57. The van der Waals surface area contributed by atoms with Gasteiger partial charge in [0.05, 0.1) is 19.8 Å². The Kier molecular flexibility index (Phi) is 10.6. The molecule has 3 amide bonds. The molecular weight excluding hydrogens is 566 g/mol. The predicted octanol–water partition coefficient (Wildman–Crippen LogP) is 2.83. The highest BCUT2D eigenvalue weighted by Gasteiger charge is 2.50. The summed E-state index contributed by atoms with van der Waals surface area (Å²) < 4.78 is 15.8. The van der Waals surface area contributed by atoms with E-state index in [9.17, 15) is 24.3 Å². The van der Waals surface area contributed by atoms with E-state index in [2.05, 4.69) is 16.0 Å². The highest BCUT2D eigenvalue weighted by Crippen LogP contribution is 2.29. The molecule has 0 aliphatic carbocycles. The van der Waals surface area contributed by atoms with Crippen LogP contribution in [0.25, 0.3) is 0 Å². The van der Waals surface area contributed by atoms with Crippen LogP contribution in [0.4, 0.5) is 4.79 Å². The van der Waals surface area contributed by atoms with Crippen molar-refractivity contribution >= 4 is 23.7 Å². The molecule has 4 N–H and O–H groups in total. The molecule has 4 atom stereocenters. The van der Waals surface area contributed by atoms with Crippen molar-refractivity contribution in [3.8, 4) is 11.5 Å². The molecule has 0 saturated carbocycles. The Morgan fingerprint density at radius 3 is 1.98 bits per heavy atom. The van der Waals surface area contributed by atoms with E-state index in [1.165, 1.54) is 19.1 Å². The number of carbonyl (C=O) groups is 4. The molecule has 0 aromatic heterocycles. The van der Waals surface area contributed by atoms with Crippen molar-refractivity contribution in [3.05, 3.63) is 95.6 Å². The minimum absolute atomic E-state index is 0.0304. The summed E-state index contributed by atoms with van der Waals surface area (Å²) in [6, 6.07) is 19.4. The molecule has 0 radical (unpaired) electrons. The van der Waals surface area contributed by atoms with Gasteiger partial charge >= 0.3 is 6.09 Å². The number of alkyl carbamates (subject to hydrolysis) is 1. The van der Waals surface area contributed by atoms with Gasteiger partial charge < -0.3 is 35.3 Å². The highest BCUT2D eigenvalue weighted by molar-refractivity contribution is 5.98. The van der Waals surface area contributed by atoms with E-state index in [0.717, 1.165) is 11.1 Å². The molecule has 11 heteroatoms. The summed E-state index contributed by atoms with van der Waals surface area (Å²) >= 11 is 0. The summed E-state index contributed by atoms with van der Waals surface area (Å²) in [5, 5.41) is 17.7. The Balaban J connectivity index is 1.46. The number of hydrogen-bond acceptors (Lipinski definition) is 8. The molecule has 1 aliphatic heterocycles. The van der Waals surface area contributed by atoms with Gasteiger partial charge in [-0.25, -0.2) is 4.79 Å². The third kappa shape index (κ3) is 9.05. The van der Waals surface area contributed by atoms with Crippen LogP contribution in [0.15, 0.2) is 78.9 Å². The average molecular weight is 604 g/mol. The maximum Gasteiger partial charge on any atom is 0.408 e. The fraction of sp³-hybridized carbons (Fsp3) is 0.333. The first kappa shape index (κ1) is 32.0. The van der Waals surface area contributed by atoms with Crippen molar-refractivity contribution in [1.29, 1.82) is 0 Å². The molecule has 11 nitrogen and oxygen atoms in total. The van der Waals surface area contributed by atoms with Crippen LogP contribution in [-0.4, -0.2) is 66.2 Å². The van der Waals surface area contributed by atoms with Crippen molar-refractivity contribution in [1.82, 2.24) is 16.0 Å². The third-order valence-corrected chi connectivity index (χ3v) is 7.28. The number of ether oxygens (including phenoxy) is 3. The van der Waals surface area contributed by atoms with E-state index in [1.54, 1.807) is 62.6 Å². The van der Waals surface area contributed by atoms with Crippen LogP contribution in [-0.2, 0) is 43.3 Å². The molecule has 1 heterocycles. The first-order valence-electron chi connectivity index (χ1n) is 14.2.